The molecule has 0 saturated carbocycles. The molecule has 0 heterocycles. The van der Waals surface area contributed by atoms with E-state index in [1.807, 2.05) is 18.2 Å². The first kappa shape index (κ1) is 17.3. The molecule has 0 aliphatic heterocycles. The molecule has 0 spiro atoms. The molecule has 2 atom stereocenters. The third kappa shape index (κ3) is 6.03. The molecule has 0 aromatic heterocycles. The van der Waals surface area contributed by atoms with Gasteiger partial charge in [0, 0.05) is 0 Å². The van der Waals surface area contributed by atoms with E-state index in [-0.39, 0.29) is 0 Å². The Hall–Kier alpha value is -1.76. The quantitative estimate of drug-likeness (QED) is 0.718. The van der Waals surface area contributed by atoms with Crippen LogP contribution in [-0.2, 0) is 0 Å². The van der Waals surface area contributed by atoms with Gasteiger partial charge in [0.1, 0.15) is 5.75 Å². The van der Waals surface area contributed by atoms with Crippen LogP contribution in [0.25, 0.3) is 0 Å². The highest BCUT2D eigenvalue weighted by atomic mass is 16.3. The van der Waals surface area contributed by atoms with Crippen molar-refractivity contribution in [1.29, 1.82) is 0 Å². The minimum absolute atomic E-state index is 0.364. The lowest BCUT2D eigenvalue weighted by atomic mass is 9.99. The molecule has 0 aliphatic carbocycles. The van der Waals surface area contributed by atoms with Crippen molar-refractivity contribution in [3.05, 3.63) is 65.7 Å². The van der Waals surface area contributed by atoms with Gasteiger partial charge in [0.2, 0.25) is 0 Å². The van der Waals surface area contributed by atoms with Gasteiger partial charge in [-0.15, -0.1) is 0 Å². The molecule has 114 valence electrons. The van der Waals surface area contributed by atoms with Gasteiger partial charge in [-0.25, -0.2) is 0 Å². The number of rotatable bonds is 4. The third-order valence-corrected chi connectivity index (χ3v) is 4.03. The molecule has 1 N–H and O–H groups in total. The molecule has 1 heteroatoms. The van der Waals surface area contributed by atoms with Gasteiger partial charge in [-0.05, 0) is 47.9 Å². The second-order valence-corrected chi connectivity index (χ2v) is 5.62. The average molecular weight is 284 g/mol. The molecule has 2 aromatic carbocycles. The summed E-state index contributed by atoms with van der Waals surface area (Å²) in [5, 5.41) is 9.16. The van der Waals surface area contributed by atoms with Crippen molar-refractivity contribution >= 4 is 0 Å². The third-order valence-electron chi connectivity index (χ3n) is 4.03. The number of hydrogen-bond acceptors (Lipinski definition) is 1. The van der Waals surface area contributed by atoms with E-state index in [1.165, 1.54) is 17.5 Å². The van der Waals surface area contributed by atoms with Gasteiger partial charge in [0.15, 0.2) is 0 Å². The van der Waals surface area contributed by atoms with Crippen LogP contribution in [0.1, 0.15) is 63.5 Å². The Kier molecular flexibility index (Phi) is 7.60. The summed E-state index contributed by atoms with van der Waals surface area (Å²) in [6.07, 6.45) is 2.34. The zero-order valence-electron chi connectivity index (χ0n) is 13.7. The SMILES string of the molecule is CCC(C)c1cccc(O)c1.CCC(C)c1ccccc1. The van der Waals surface area contributed by atoms with E-state index < -0.39 is 0 Å². The lowest BCUT2D eigenvalue weighted by Gasteiger charge is -2.07. The summed E-state index contributed by atoms with van der Waals surface area (Å²) in [6, 6.07) is 18.1. The van der Waals surface area contributed by atoms with Gasteiger partial charge in [0.05, 0.1) is 0 Å². The Balaban J connectivity index is 0.000000211. The highest BCUT2D eigenvalue weighted by molar-refractivity contribution is 5.29. The normalized spacial score (nSPS) is 13.0. The summed E-state index contributed by atoms with van der Waals surface area (Å²) in [4.78, 5) is 0. The number of phenolic OH excluding ortho intramolecular Hbond substituents is 1. The molecule has 0 saturated heterocycles. The summed E-state index contributed by atoms with van der Waals surface area (Å²) in [5.74, 6) is 1.62. The van der Waals surface area contributed by atoms with Crippen LogP contribution in [0.4, 0.5) is 0 Å². The maximum Gasteiger partial charge on any atom is 0.115 e. The molecular weight excluding hydrogens is 256 g/mol. The molecule has 1 nitrogen and oxygen atoms in total. The Bertz CT molecular complexity index is 504. The van der Waals surface area contributed by atoms with Crippen LogP contribution < -0.4 is 0 Å². The molecule has 21 heavy (non-hydrogen) atoms. The zero-order chi connectivity index (χ0) is 15.7. The minimum Gasteiger partial charge on any atom is -0.508 e. The molecule has 2 aromatic rings. The lowest BCUT2D eigenvalue weighted by Crippen LogP contribution is -1.89. The smallest absolute Gasteiger partial charge is 0.115 e. The van der Waals surface area contributed by atoms with Gasteiger partial charge >= 0.3 is 0 Å². The number of aromatic hydroxyl groups is 1. The Morgan fingerprint density at radius 2 is 1.29 bits per heavy atom. The molecule has 2 unspecified atom stereocenters. The van der Waals surface area contributed by atoms with Gasteiger partial charge in [-0.1, -0.05) is 70.2 Å². The average Bonchev–Trinajstić information content (AvgIpc) is 2.54. The van der Waals surface area contributed by atoms with Gasteiger partial charge < -0.3 is 5.11 Å². The molecule has 0 amide bonds. The second kappa shape index (κ2) is 9.23. The van der Waals surface area contributed by atoms with Crippen molar-refractivity contribution in [2.24, 2.45) is 0 Å². The predicted molar refractivity (Wildman–Crippen MR) is 92.0 cm³/mol. The Morgan fingerprint density at radius 1 is 0.762 bits per heavy atom. The fourth-order valence-electron chi connectivity index (χ4n) is 2.08. The van der Waals surface area contributed by atoms with Crippen LogP contribution in [0.3, 0.4) is 0 Å². The van der Waals surface area contributed by atoms with Crippen molar-refractivity contribution < 1.29 is 5.11 Å². The highest BCUT2D eigenvalue weighted by Gasteiger charge is 2.01. The van der Waals surface area contributed by atoms with Crippen molar-refractivity contribution in [1.82, 2.24) is 0 Å². The number of hydrogen-bond donors (Lipinski definition) is 1. The summed E-state index contributed by atoms with van der Waals surface area (Å²) in [6.45, 7) is 8.79. The molecule has 0 radical (unpaired) electrons. The maximum atomic E-state index is 9.16. The topological polar surface area (TPSA) is 20.2 Å². The summed E-state index contributed by atoms with van der Waals surface area (Å²) in [5.41, 5.74) is 2.66. The predicted octanol–water partition coefficient (Wildman–Crippen LogP) is 6.11. The van der Waals surface area contributed by atoms with E-state index in [0.29, 0.717) is 17.6 Å². The highest BCUT2D eigenvalue weighted by Crippen LogP contribution is 2.21. The molecule has 0 fully saturated rings. The second-order valence-electron chi connectivity index (χ2n) is 5.62. The van der Waals surface area contributed by atoms with Crippen molar-refractivity contribution in [2.75, 3.05) is 0 Å². The van der Waals surface area contributed by atoms with Gasteiger partial charge in [0.25, 0.3) is 0 Å². The van der Waals surface area contributed by atoms with Crippen LogP contribution >= 0.6 is 0 Å². The van der Waals surface area contributed by atoms with Crippen LogP contribution in [0, 0.1) is 0 Å². The zero-order valence-corrected chi connectivity index (χ0v) is 13.7. The van der Waals surface area contributed by atoms with E-state index in [4.69, 9.17) is 5.11 Å². The molecule has 0 bridgehead atoms. The van der Waals surface area contributed by atoms with Gasteiger partial charge in [-0.2, -0.15) is 0 Å². The lowest BCUT2D eigenvalue weighted by molar-refractivity contribution is 0.473. The summed E-state index contributed by atoms with van der Waals surface area (Å²) in [7, 11) is 0. The van der Waals surface area contributed by atoms with Crippen molar-refractivity contribution in [3.63, 3.8) is 0 Å². The first-order valence-corrected chi connectivity index (χ1v) is 7.92. The Morgan fingerprint density at radius 3 is 1.81 bits per heavy atom. The molecular formula is C20H28O. The van der Waals surface area contributed by atoms with Crippen LogP contribution in [0.2, 0.25) is 0 Å². The first-order chi connectivity index (χ1) is 10.1. The van der Waals surface area contributed by atoms with Crippen LogP contribution in [0.15, 0.2) is 54.6 Å². The Labute approximate surface area is 129 Å². The summed E-state index contributed by atoms with van der Waals surface area (Å²) < 4.78 is 0. The minimum atomic E-state index is 0.364. The monoisotopic (exact) mass is 284 g/mol. The van der Waals surface area contributed by atoms with Crippen LogP contribution in [0.5, 0.6) is 5.75 Å². The van der Waals surface area contributed by atoms with Crippen molar-refractivity contribution in [2.45, 2.75) is 52.4 Å². The van der Waals surface area contributed by atoms with E-state index in [0.717, 1.165) is 6.42 Å². The van der Waals surface area contributed by atoms with E-state index in [9.17, 15) is 0 Å². The molecule has 2 rings (SSSR count). The van der Waals surface area contributed by atoms with Crippen molar-refractivity contribution in [3.8, 4) is 5.75 Å². The fourth-order valence-corrected chi connectivity index (χ4v) is 2.08. The summed E-state index contributed by atoms with van der Waals surface area (Å²) >= 11 is 0. The number of benzene rings is 2. The van der Waals surface area contributed by atoms with E-state index in [1.54, 1.807) is 6.07 Å². The fraction of sp³-hybridized carbons (Fsp3) is 0.400. The largest absolute Gasteiger partial charge is 0.508 e. The van der Waals surface area contributed by atoms with E-state index in [2.05, 4.69) is 58.0 Å². The van der Waals surface area contributed by atoms with Gasteiger partial charge in [-0.3, -0.25) is 0 Å². The number of phenols is 1. The standard InChI is InChI=1S/C10H14O.C10H14/c1-3-8(2)9-5-4-6-10(11)7-9;1-3-9(2)10-7-5-4-6-8-10/h4-8,11H,3H2,1-2H3;4-9H,3H2,1-2H3. The van der Waals surface area contributed by atoms with Crippen LogP contribution in [-0.4, -0.2) is 5.11 Å². The first-order valence-electron chi connectivity index (χ1n) is 7.92. The van der Waals surface area contributed by atoms with E-state index >= 15 is 0 Å². The molecule has 0 aliphatic rings. The maximum absolute atomic E-state index is 9.16.